The minimum absolute atomic E-state index is 0.286. The van der Waals surface area contributed by atoms with Crippen LogP contribution in [-0.2, 0) is 5.66 Å². The predicted octanol–water partition coefficient (Wildman–Crippen LogP) is 3.71. The average Bonchev–Trinajstić information content (AvgIpc) is 2.84. The maximum Gasteiger partial charge on any atom is 0.173 e. The fourth-order valence-corrected chi connectivity index (χ4v) is 2.14. The van der Waals surface area contributed by atoms with Crippen LogP contribution in [0, 0.1) is 11.6 Å². The highest BCUT2D eigenvalue weighted by Crippen LogP contribution is 2.31. The normalized spacial score (nSPS) is 21.1. The zero-order valence-corrected chi connectivity index (χ0v) is 10.8. The molecule has 4 heteroatoms. The largest absolute Gasteiger partial charge is 0.257 e. The minimum Gasteiger partial charge on any atom is -0.257 e. The number of hydrogen-bond acceptors (Lipinski definition) is 2. The Morgan fingerprint density at radius 2 is 1.40 bits per heavy atom. The number of halogens is 2. The van der Waals surface area contributed by atoms with Crippen molar-refractivity contribution in [3.63, 3.8) is 0 Å². The van der Waals surface area contributed by atoms with Crippen molar-refractivity contribution in [2.45, 2.75) is 12.6 Å². The van der Waals surface area contributed by atoms with E-state index >= 15 is 0 Å². The Hall–Kier alpha value is -2.36. The Kier molecular flexibility index (Phi) is 2.93. The monoisotopic (exact) mass is 270 g/mol. The van der Waals surface area contributed by atoms with Crippen LogP contribution in [0.3, 0.4) is 0 Å². The molecule has 2 aromatic carbocycles. The topological polar surface area (TPSA) is 24.7 Å². The van der Waals surface area contributed by atoms with E-state index in [1.807, 2.05) is 6.92 Å². The molecular formula is C16H12F2N2. The SMILES string of the molecule is CC1(c2ccc(F)cc2)N=CC(c2ccc(F)cc2)=N1. The van der Waals surface area contributed by atoms with E-state index < -0.39 is 5.66 Å². The number of hydrogen-bond donors (Lipinski definition) is 0. The van der Waals surface area contributed by atoms with Crippen LogP contribution in [0.2, 0.25) is 0 Å². The number of benzene rings is 2. The molecule has 0 radical (unpaired) electrons. The molecule has 0 saturated heterocycles. The molecule has 3 rings (SSSR count). The highest BCUT2D eigenvalue weighted by molar-refractivity contribution is 6.39. The van der Waals surface area contributed by atoms with E-state index in [-0.39, 0.29) is 11.6 Å². The number of aliphatic imine (C=N–C) groups is 2. The molecule has 1 unspecified atom stereocenters. The van der Waals surface area contributed by atoms with Crippen molar-refractivity contribution in [3.8, 4) is 0 Å². The second-order valence-electron chi connectivity index (χ2n) is 4.79. The summed E-state index contributed by atoms with van der Waals surface area (Å²) < 4.78 is 25.9. The van der Waals surface area contributed by atoms with Gasteiger partial charge in [0.15, 0.2) is 5.66 Å². The van der Waals surface area contributed by atoms with Crippen LogP contribution in [0.15, 0.2) is 58.5 Å². The zero-order chi connectivity index (χ0) is 14.2. The van der Waals surface area contributed by atoms with Crippen molar-refractivity contribution in [1.29, 1.82) is 0 Å². The fraction of sp³-hybridized carbons (Fsp3) is 0.125. The Balaban J connectivity index is 1.96. The summed E-state index contributed by atoms with van der Waals surface area (Å²) in [5.41, 5.74) is 1.56. The molecule has 0 spiro atoms. The molecule has 0 N–H and O–H groups in total. The summed E-state index contributed by atoms with van der Waals surface area (Å²) >= 11 is 0. The van der Waals surface area contributed by atoms with Crippen LogP contribution in [-0.4, -0.2) is 11.9 Å². The second kappa shape index (κ2) is 4.63. The molecule has 0 bridgehead atoms. The lowest BCUT2D eigenvalue weighted by Gasteiger charge is -2.17. The van der Waals surface area contributed by atoms with Gasteiger partial charge in [0.05, 0.1) is 11.9 Å². The molecule has 1 aliphatic heterocycles. The average molecular weight is 270 g/mol. The van der Waals surface area contributed by atoms with Crippen LogP contribution in [0.4, 0.5) is 8.78 Å². The van der Waals surface area contributed by atoms with Gasteiger partial charge in [0, 0.05) is 11.1 Å². The molecular weight excluding hydrogens is 258 g/mol. The lowest BCUT2D eigenvalue weighted by Crippen LogP contribution is -2.13. The third kappa shape index (κ3) is 2.25. The Bertz CT molecular complexity index is 687. The molecule has 20 heavy (non-hydrogen) atoms. The second-order valence-corrected chi connectivity index (χ2v) is 4.79. The van der Waals surface area contributed by atoms with Gasteiger partial charge in [-0.15, -0.1) is 0 Å². The highest BCUT2D eigenvalue weighted by Gasteiger charge is 2.29. The standard InChI is InChI=1S/C16H12F2N2/c1-16(12-4-8-14(18)9-5-12)19-10-15(20-16)11-2-6-13(17)7-3-11/h2-10H,1H3. The lowest BCUT2D eigenvalue weighted by atomic mass is 10.0. The molecule has 0 fully saturated rings. The summed E-state index contributed by atoms with van der Waals surface area (Å²) in [5.74, 6) is -0.576. The van der Waals surface area contributed by atoms with Crippen LogP contribution in [0.25, 0.3) is 0 Å². The third-order valence-electron chi connectivity index (χ3n) is 3.31. The van der Waals surface area contributed by atoms with Gasteiger partial charge in [-0.05, 0) is 43.3 Å². The first-order valence-corrected chi connectivity index (χ1v) is 6.24. The van der Waals surface area contributed by atoms with Gasteiger partial charge in [0.25, 0.3) is 0 Å². The van der Waals surface area contributed by atoms with Gasteiger partial charge in [-0.2, -0.15) is 0 Å². The van der Waals surface area contributed by atoms with Crippen molar-refractivity contribution >= 4 is 11.9 Å². The van der Waals surface area contributed by atoms with Crippen molar-refractivity contribution in [3.05, 3.63) is 71.3 Å². The quantitative estimate of drug-likeness (QED) is 0.794. The summed E-state index contributed by atoms with van der Waals surface area (Å²) in [6, 6.07) is 12.2. The van der Waals surface area contributed by atoms with Crippen molar-refractivity contribution in [1.82, 2.24) is 0 Å². The van der Waals surface area contributed by atoms with E-state index in [1.54, 1.807) is 30.5 Å². The molecule has 0 aliphatic carbocycles. The molecule has 0 amide bonds. The minimum atomic E-state index is -0.753. The van der Waals surface area contributed by atoms with E-state index in [1.165, 1.54) is 24.3 Å². The predicted molar refractivity (Wildman–Crippen MR) is 75.2 cm³/mol. The molecule has 0 aromatic heterocycles. The smallest absolute Gasteiger partial charge is 0.173 e. The molecule has 1 atom stereocenters. The van der Waals surface area contributed by atoms with Crippen LogP contribution in [0.5, 0.6) is 0 Å². The molecule has 2 aromatic rings. The van der Waals surface area contributed by atoms with Crippen molar-refractivity contribution in [2.24, 2.45) is 9.98 Å². The molecule has 2 nitrogen and oxygen atoms in total. The van der Waals surface area contributed by atoms with E-state index in [9.17, 15) is 8.78 Å². The van der Waals surface area contributed by atoms with E-state index in [0.717, 1.165) is 11.1 Å². The fourth-order valence-electron chi connectivity index (χ4n) is 2.14. The summed E-state index contributed by atoms with van der Waals surface area (Å²) in [6.07, 6.45) is 1.66. The first-order valence-electron chi connectivity index (χ1n) is 6.24. The number of rotatable bonds is 2. The van der Waals surface area contributed by atoms with E-state index in [2.05, 4.69) is 9.98 Å². The first kappa shape index (κ1) is 12.7. The summed E-state index contributed by atoms with van der Waals surface area (Å²) in [4.78, 5) is 8.97. The van der Waals surface area contributed by atoms with E-state index in [4.69, 9.17) is 0 Å². The van der Waals surface area contributed by atoms with E-state index in [0.29, 0.717) is 5.71 Å². The van der Waals surface area contributed by atoms with Crippen molar-refractivity contribution < 1.29 is 8.78 Å². The third-order valence-corrected chi connectivity index (χ3v) is 3.31. The maximum absolute atomic E-state index is 13.0. The summed E-state index contributed by atoms with van der Waals surface area (Å²) in [5, 5.41) is 0. The molecule has 100 valence electrons. The van der Waals surface area contributed by atoms with Gasteiger partial charge < -0.3 is 0 Å². The van der Waals surface area contributed by atoms with Gasteiger partial charge in [-0.25, -0.2) is 13.8 Å². The lowest BCUT2D eigenvalue weighted by molar-refractivity contribution is 0.539. The Labute approximate surface area is 115 Å². The van der Waals surface area contributed by atoms with Crippen LogP contribution < -0.4 is 0 Å². The first-order chi connectivity index (χ1) is 9.57. The van der Waals surface area contributed by atoms with Crippen LogP contribution >= 0.6 is 0 Å². The summed E-state index contributed by atoms with van der Waals surface area (Å²) in [6.45, 7) is 1.85. The zero-order valence-electron chi connectivity index (χ0n) is 10.8. The highest BCUT2D eigenvalue weighted by atomic mass is 19.1. The maximum atomic E-state index is 13.0. The van der Waals surface area contributed by atoms with Gasteiger partial charge in [-0.3, -0.25) is 4.99 Å². The van der Waals surface area contributed by atoms with Gasteiger partial charge in [0.1, 0.15) is 11.6 Å². The molecule has 1 aliphatic rings. The molecule has 1 heterocycles. The Morgan fingerprint density at radius 1 is 0.850 bits per heavy atom. The summed E-state index contributed by atoms with van der Waals surface area (Å²) in [7, 11) is 0. The van der Waals surface area contributed by atoms with Crippen molar-refractivity contribution in [2.75, 3.05) is 0 Å². The van der Waals surface area contributed by atoms with Gasteiger partial charge in [0.2, 0.25) is 0 Å². The Morgan fingerprint density at radius 3 is 2.00 bits per heavy atom. The number of nitrogens with zero attached hydrogens (tertiary/aromatic N) is 2. The van der Waals surface area contributed by atoms with Crippen LogP contribution in [0.1, 0.15) is 18.1 Å². The van der Waals surface area contributed by atoms with Gasteiger partial charge in [-0.1, -0.05) is 12.1 Å². The van der Waals surface area contributed by atoms with Gasteiger partial charge >= 0.3 is 0 Å². The molecule has 0 saturated carbocycles.